The standard InChI is InChI=1S/C16H26N2O/c1-5-13(4)10-16(19)18(12(2)3)15-8-6-14(11-17)7-9-15/h6-9,12-13H,5,10-11,17H2,1-4H3. The van der Waals surface area contributed by atoms with Crippen LogP contribution in [-0.4, -0.2) is 11.9 Å². The second-order valence-electron chi connectivity index (χ2n) is 5.45. The van der Waals surface area contributed by atoms with E-state index in [1.165, 1.54) is 0 Å². The summed E-state index contributed by atoms with van der Waals surface area (Å²) in [5, 5.41) is 0. The van der Waals surface area contributed by atoms with E-state index in [0.717, 1.165) is 17.7 Å². The summed E-state index contributed by atoms with van der Waals surface area (Å²) in [7, 11) is 0. The number of nitrogens with zero attached hydrogens (tertiary/aromatic N) is 1. The van der Waals surface area contributed by atoms with Crippen molar-refractivity contribution in [2.45, 2.75) is 53.1 Å². The van der Waals surface area contributed by atoms with Crippen LogP contribution in [0.25, 0.3) is 0 Å². The van der Waals surface area contributed by atoms with Gasteiger partial charge in [0.15, 0.2) is 0 Å². The summed E-state index contributed by atoms with van der Waals surface area (Å²) in [6.45, 7) is 8.86. The van der Waals surface area contributed by atoms with Gasteiger partial charge in [0, 0.05) is 24.7 Å². The summed E-state index contributed by atoms with van der Waals surface area (Å²) >= 11 is 0. The molecule has 0 aliphatic rings. The molecule has 1 unspecified atom stereocenters. The van der Waals surface area contributed by atoms with Gasteiger partial charge in [-0.2, -0.15) is 0 Å². The smallest absolute Gasteiger partial charge is 0.227 e. The minimum atomic E-state index is 0.167. The first-order chi connectivity index (χ1) is 8.99. The molecule has 1 atom stereocenters. The molecule has 1 aromatic rings. The topological polar surface area (TPSA) is 46.3 Å². The second-order valence-corrected chi connectivity index (χ2v) is 5.45. The highest BCUT2D eigenvalue weighted by Crippen LogP contribution is 2.21. The molecule has 0 spiro atoms. The highest BCUT2D eigenvalue weighted by atomic mass is 16.2. The van der Waals surface area contributed by atoms with Crippen LogP contribution in [-0.2, 0) is 11.3 Å². The van der Waals surface area contributed by atoms with Crippen molar-refractivity contribution in [3.63, 3.8) is 0 Å². The van der Waals surface area contributed by atoms with Gasteiger partial charge in [0.25, 0.3) is 0 Å². The average Bonchev–Trinajstić information content (AvgIpc) is 2.39. The first-order valence-electron chi connectivity index (χ1n) is 7.10. The molecule has 2 N–H and O–H groups in total. The molecule has 0 aliphatic heterocycles. The maximum Gasteiger partial charge on any atom is 0.227 e. The van der Waals surface area contributed by atoms with E-state index < -0.39 is 0 Å². The summed E-state index contributed by atoms with van der Waals surface area (Å²) in [6.07, 6.45) is 1.64. The van der Waals surface area contributed by atoms with Gasteiger partial charge in [-0.1, -0.05) is 32.4 Å². The highest BCUT2D eigenvalue weighted by molar-refractivity contribution is 5.93. The summed E-state index contributed by atoms with van der Waals surface area (Å²) in [6, 6.07) is 8.11. The molecule has 0 radical (unpaired) electrons. The van der Waals surface area contributed by atoms with Crippen molar-refractivity contribution in [1.82, 2.24) is 0 Å². The van der Waals surface area contributed by atoms with E-state index in [9.17, 15) is 4.79 Å². The van der Waals surface area contributed by atoms with Crippen LogP contribution >= 0.6 is 0 Å². The summed E-state index contributed by atoms with van der Waals surface area (Å²) < 4.78 is 0. The van der Waals surface area contributed by atoms with Gasteiger partial charge in [-0.3, -0.25) is 4.79 Å². The lowest BCUT2D eigenvalue weighted by atomic mass is 10.0. The lowest BCUT2D eigenvalue weighted by Gasteiger charge is -2.28. The van der Waals surface area contributed by atoms with E-state index in [1.54, 1.807) is 0 Å². The van der Waals surface area contributed by atoms with Gasteiger partial charge in [0.1, 0.15) is 0 Å². The second kappa shape index (κ2) is 7.29. The molecule has 0 aromatic heterocycles. The maximum absolute atomic E-state index is 12.4. The van der Waals surface area contributed by atoms with E-state index in [-0.39, 0.29) is 11.9 Å². The lowest BCUT2D eigenvalue weighted by Crippen LogP contribution is -2.37. The van der Waals surface area contributed by atoms with Crippen molar-refractivity contribution in [3.8, 4) is 0 Å². The van der Waals surface area contributed by atoms with Crippen molar-refractivity contribution in [2.24, 2.45) is 11.7 Å². The van der Waals surface area contributed by atoms with Gasteiger partial charge in [-0.15, -0.1) is 0 Å². The molecule has 3 heteroatoms. The van der Waals surface area contributed by atoms with Crippen molar-refractivity contribution in [3.05, 3.63) is 29.8 Å². The third-order valence-electron chi connectivity index (χ3n) is 3.46. The van der Waals surface area contributed by atoms with E-state index in [1.807, 2.05) is 43.0 Å². The summed E-state index contributed by atoms with van der Waals surface area (Å²) in [4.78, 5) is 14.3. The zero-order chi connectivity index (χ0) is 14.4. The summed E-state index contributed by atoms with van der Waals surface area (Å²) in [5.74, 6) is 0.627. The fraction of sp³-hybridized carbons (Fsp3) is 0.562. The van der Waals surface area contributed by atoms with Gasteiger partial charge in [-0.05, 0) is 37.5 Å². The van der Waals surface area contributed by atoms with Crippen LogP contribution in [0.2, 0.25) is 0 Å². The predicted molar refractivity (Wildman–Crippen MR) is 81.0 cm³/mol. The van der Waals surface area contributed by atoms with Crippen molar-refractivity contribution >= 4 is 11.6 Å². The molecular weight excluding hydrogens is 236 g/mol. The predicted octanol–water partition coefficient (Wildman–Crippen LogP) is 3.32. The zero-order valence-electron chi connectivity index (χ0n) is 12.5. The van der Waals surface area contributed by atoms with Crippen molar-refractivity contribution in [1.29, 1.82) is 0 Å². The zero-order valence-corrected chi connectivity index (χ0v) is 12.5. The molecule has 19 heavy (non-hydrogen) atoms. The Morgan fingerprint density at radius 1 is 1.21 bits per heavy atom. The third kappa shape index (κ3) is 4.35. The molecule has 0 saturated carbocycles. The van der Waals surface area contributed by atoms with Crippen LogP contribution in [0.1, 0.15) is 46.1 Å². The molecule has 1 aromatic carbocycles. The molecular formula is C16H26N2O. The van der Waals surface area contributed by atoms with E-state index >= 15 is 0 Å². The number of hydrogen-bond acceptors (Lipinski definition) is 2. The Morgan fingerprint density at radius 2 is 1.79 bits per heavy atom. The molecule has 1 amide bonds. The van der Waals surface area contributed by atoms with Crippen LogP contribution in [0.15, 0.2) is 24.3 Å². The average molecular weight is 262 g/mol. The molecule has 106 valence electrons. The Labute approximate surface area is 116 Å². The fourth-order valence-electron chi connectivity index (χ4n) is 2.06. The minimum absolute atomic E-state index is 0.167. The third-order valence-corrected chi connectivity index (χ3v) is 3.46. The molecule has 0 heterocycles. The first-order valence-corrected chi connectivity index (χ1v) is 7.10. The number of carbonyl (C=O) groups excluding carboxylic acids is 1. The Kier molecular flexibility index (Phi) is 6.03. The Balaban J connectivity index is 2.90. The van der Waals surface area contributed by atoms with Gasteiger partial charge >= 0.3 is 0 Å². The normalized spacial score (nSPS) is 12.5. The molecule has 0 bridgehead atoms. The number of benzene rings is 1. The lowest BCUT2D eigenvalue weighted by molar-refractivity contribution is -0.119. The first kappa shape index (κ1) is 15.7. The monoisotopic (exact) mass is 262 g/mol. The Bertz CT molecular complexity index is 398. The quantitative estimate of drug-likeness (QED) is 0.854. The number of rotatable bonds is 6. The number of hydrogen-bond donors (Lipinski definition) is 1. The number of nitrogens with two attached hydrogens (primary N) is 1. The van der Waals surface area contributed by atoms with E-state index in [2.05, 4.69) is 13.8 Å². The largest absolute Gasteiger partial charge is 0.326 e. The molecule has 0 saturated heterocycles. The SMILES string of the molecule is CCC(C)CC(=O)N(c1ccc(CN)cc1)C(C)C. The summed E-state index contributed by atoms with van der Waals surface area (Å²) in [5.41, 5.74) is 7.64. The molecule has 0 aliphatic carbocycles. The Hall–Kier alpha value is -1.35. The van der Waals surface area contributed by atoms with Gasteiger partial charge in [0.05, 0.1) is 0 Å². The molecule has 0 fully saturated rings. The minimum Gasteiger partial charge on any atom is -0.326 e. The number of amides is 1. The number of carbonyl (C=O) groups is 1. The van der Waals surface area contributed by atoms with Crippen LogP contribution in [0.4, 0.5) is 5.69 Å². The van der Waals surface area contributed by atoms with E-state index in [0.29, 0.717) is 18.9 Å². The van der Waals surface area contributed by atoms with Gasteiger partial charge in [-0.25, -0.2) is 0 Å². The van der Waals surface area contributed by atoms with Gasteiger partial charge in [0.2, 0.25) is 5.91 Å². The van der Waals surface area contributed by atoms with Gasteiger partial charge < -0.3 is 10.6 Å². The van der Waals surface area contributed by atoms with Crippen LogP contribution in [0.3, 0.4) is 0 Å². The Morgan fingerprint density at radius 3 is 2.21 bits per heavy atom. The molecule has 1 rings (SSSR count). The number of anilines is 1. The van der Waals surface area contributed by atoms with E-state index in [4.69, 9.17) is 5.73 Å². The fourth-order valence-corrected chi connectivity index (χ4v) is 2.06. The van der Waals surface area contributed by atoms with Crippen LogP contribution < -0.4 is 10.6 Å². The van der Waals surface area contributed by atoms with Crippen LogP contribution in [0.5, 0.6) is 0 Å². The van der Waals surface area contributed by atoms with Crippen molar-refractivity contribution in [2.75, 3.05) is 4.90 Å². The van der Waals surface area contributed by atoms with Crippen molar-refractivity contribution < 1.29 is 4.79 Å². The van der Waals surface area contributed by atoms with Crippen LogP contribution in [0, 0.1) is 5.92 Å². The maximum atomic E-state index is 12.4. The molecule has 3 nitrogen and oxygen atoms in total. The highest BCUT2D eigenvalue weighted by Gasteiger charge is 2.20.